The van der Waals surface area contributed by atoms with Gasteiger partial charge in [0.15, 0.2) is 5.69 Å². The number of carbonyl (C=O) groups excluding carboxylic acids is 1. The Morgan fingerprint density at radius 3 is 2.88 bits per heavy atom. The van der Waals surface area contributed by atoms with Crippen molar-refractivity contribution in [3.8, 4) is 0 Å². The molecule has 5 nitrogen and oxygen atoms in total. The number of hydrogen-bond acceptors (Lipinski definition) is 6. The fraction of sp³-hybridized carbons (Fsp3) is 0.412. The number of nitrogens with one attached hydrogen (secondary N) is 1. The van der Waals surface area contributed by atoms with Gasteiger partial charge < -0.3 is 15.5 Å². The lowest BCUT2D eigenvalue weighted by Crippen LogP contribution is -2.26. The van der Waals surface area contributed by atoms with E-state index in [4.69, 9.17) is 10.2 Å². The van der Waals surface area contributed by atoms with Gasteiger partial charge in [-0.05, 0) is 24.0 Å². The van der Waals surface area contributed by atoms with E-state index in [1.165, 1.54) is 11.8 Å². The third kappa shape index (κ3) is 6.22. The van der Waals surface area contributed by atoms with E-state index >= 15 is 0 Å². The van der Waals surface area contributed by atoms with Crippen molar-refractivity contribution in [2.45, 2.75) is 18.2 Å². The van der Waals surface area contributed by atoms with Crippen LogP contribution < -0.4 is 11.1 Å². The summed E-state index contributed by atoms with van der Waals surface area (Å²) in [6, 6.07) is 10.0. The highest BCUT2D eigenvalue weighted by molar-refractivity contribution is 7.98. The van der Waals surface area contributed by atoms with Crippen molar-refractivity contribution >= 4 is 29.4 Å². The van der Waals surface area contributed by atoms with Crippen molar-refractivity contribution in [3.05, 3.63) is 53.7 Å². The van der Waals surface area contributed by atoms with Gasteiger partial charge in [0, 0.05) is 18.1 Å². The highest BCUT2D eigenvalue weighted by Gasteiger charge is 2.16. The Morgan fingerprint density at radius 2 is 2.12 bits per heavy atom. The molecule has 1 aromatic heterocycles. The Labute approximate surface area is 151 Å². The molecule has 24 heavy (non-hydrogen) atoms. The molecule has 0 aliphatic rings. The van der Waals surface area contributed by atoms with E-state index in [9.17, 15) is 4.79 Å². The SMILES string of the molecule is CSCCC(N)c1nc(C(=O)NCCSCc2ccccc2)co1. The van der Waals surface area contributed by atoms with Crippen molar-refractivity contribution in [2.75, 3.05) is 24.3 Å². The maximum atomic E-state index is 12.0. The molecular formula is C17H23N3O2S2. The minimum atomic E-state index is -0.263. The van der Waals surface area contributed by atoms with E-state index in [-0.39, 0.29) is 17.6 Å². The van der Waals surface area contributed by atoms with Crippen LogP contribution in [-0.2, 0) is 5.75 Å². The number of aromatic nitrogens is 1. The van der Waals surface area contributed by atoms with Gasteiger partial charge in [0.2, 0.25) is 5.89 Å². The van der Waals surface area contributed by atoms with Gasteiger partial charge in [-0.1, -0.05) is 30.3 Å². The topological polar surface area (TPSA) is 81.1 Å². The van der Waals surface area contributed by atoms with Gasteiger partial charge in [0.05, 0.1) is 6.04 Å². The summed E-state index contributed by atoms with van der Waals surface area (Å²) in [6.07, 6.45) is 4.18. The molecule has 0 fully saturated rings. The second-order valence-corrected chi connectivity index (χ2v) is 7.34. The zero-order chi connectivity index (χ0) is 17.2. The number of nitrogens with zero attached hydrogens (tertiary/aromatic N) is 1. The Balaban J connectivity index is 1.68. The molecule has 1 amide bonds. The molecule has 3 N–H and O–H groups in total. The van der Waals surface area contributed by atoms with Crippen molar-refractivity contribution < 1.29 is 9.21 Å². The van der Waals surface area contributed by atoms with Crippen LogP contribution >= 0.6 is 23.5 Å². The van der Waals surface area contributed by atoms with Crippen LogP contribution in [-0.4, -0.2) is 35.2 Å². The lowest BCUT2D eigenvalue weighted by Gasteiger charge is -2.05. The van der Waals surface area contributed by atoms with Crippen LogP contribution in [0.5, 0.6) is 0 Å². The summed E-state index contributed by atoms with van der Waals surface area (Å²) in [5.41, 5.74) is 7.56. The summed E-state index contributed by atoms with van der Waals surface area (Å²) in [5.74, 6) is 2.92. The first-order valence-electron chi connectivity index (χ1n) is 7.80. The molecule has 130 valence electrons. The van der Waals surface area contributed by atoms with Gasteiger partial charge in [-0.15, -0.1) is 0 Å². The number of thioether (sulfide) groups is 2. The van der Waals surface area contributed by atoms with E-state index in [0.29, 0.717) is 12.4 Å². The molecule has 2 rings (SSSR count). The predicted octanol–water partition coefficient (Wildman–Crippen LogP) is 3.09. The van der Waals surface area contributed by atoms with Crippen LogP contribution in [0.25, 0.3) is 0 Å². The van der Waals surface area contributed by atoms with Gasteiger partial charge in [-0.2, -0.15) is 23.5 Å². The molecule has 0 saturated heterocycles. The summed E-state index contributed by atoms with van der Waals surface area (Å²) in [5, 5.41) is 2.85. The van der Waals surface area contributed by atoms with Crippen molar-refractivity contribution in [1.29, 1.82) is 0 Å². The molecule has 1 unspecified atom stereocenters. The minimum absolute atomic E-state index is 0.220. The molecule has 0 spiro atoms. The van der Waals surface area contributed by atoms with Gasteiger partial charge in [-0.3, -0.25) is 4.79 Å². The number of benzene rings is 1. The van der Waals surface area contributed by atoms with Gasteiger partial charge in [-0.25, -0.2) is 4.98 Å². The molecule has 0 saturated carbocycles. The van der Waals surface area contributed by atoms with E-state index in [0.717, 1.165) is 23.7 Å². The fourth-order valence-electron chi connectivity index (χ4n) is 2.02. The number of amides is 1. The standard InChI is InChI=1S/C17H23N3O2S2/c1-23-9-7-14(18)17-20-15(11-22-17)16(21)19-8-10-24-12-13-5-3-2-4-6-13/h2-6,11,14H,7-10,12,18H2,1H3,(H,19,21). The molecular weight excluding hydrogens is 342 g/mol. The molecule has 0 bridgehead atoms. The van der Waals surface area contributed by atoms with E-state index in [1.807, 2.05) is 24.5 Å². The molecule has 1 aromatic carbocycles. The maximum absolute atomic E-state index is 12.0. The molecule has 7 heteroatoms. The summed E-state index contributed by atoms with van der Waals surface area (Å²) >= 11 is 3.50. The summed E-state index contributed by atoms with van der Waals surface area (Å²) in [7, 11) is 0. The third-order valence-corrected chi connectivity index (χ3v) is 5.02. The minimum Gasteiger partial charge on any atom is -0.446 e. The lowest BCUT2D eigenvalue weighted by molar-refractivity contribution is 0.0951. The summed E-state index contributed by atoms with van der Waals surface area (Å²) in [6.45, 7) is 0.594. The van der Waals surface area contributed by atoms with Gasteiger partial charge in [0.1, 0.15) is 6.26 Å². The van der Waals surface area contributed by atoms with Crippen molar-refractivity contribution in [1.82, 2.24) is 10.3 Å². The normalized spacial score (nSPS) is 12.1. The highest BCUT2D eigenvalue weighted by atomic mass is 32.2. The number of nitrogens with two attached hydrogens (primary N) is 1. The smallest absolute Gasteiger partial charge is 0.273 e. The monoisotopic (exact) mass is 365 g/mol. The largest absolute Gasteiger partial charge is 0.446 e. The Morgan fingerprint density at radius 1 is 1.33 bits per heavy atom. The first kappa shape index (κ1) is 18.9. The quantitative estimate of drug-likeness (QED) is 0.630. The van der Waals surface area contributed by atoms with E-state index < -0.39 is 0 Å². The zero-order valence-electron chi connectivity index (χ0n) is 13.7. The fourth-order valence-corrected chi connectivity index (χ4v) is 3.33. The molecule has 0 aliphatic heterocycles. The summed E-state index contributed by atoms with van der Waals surface area (Å²) < 4.78 is 5.32. The number of carbonyl (C=O) groups is 1. The molecule has 0 radical (unpaired) electrons. The molecule has 1 heterocycles. The Bertz CT molecular complexity index is 619. The highest BCUT2D eigenvalue weighted by Crippen LogP contribution is 2.15. The van der Waals surface area contributed by atoms with Crippen LogP contribution in [0.15, 0.2) is 41.0 Å². The average Bonchev–Trinajstić information content (AvgIpc) is 3.10. The molecule has 1 atom stereocenters. The summed E-state index contributed by atoms with van der Waals surface area (Å²) in [4.78, 5) is 16.2. The second kappa shape index (κ2) is 10.4. The zero-order valence-corrected chi connectivity index (χ0v) is 15.4. The second-order valence-electron chi connectivity index (χ2n) is 5.25. The van der Waals surface area contributed by atoms with Crippen LogP contribution in [0.4, 0.5) is 0 Å². The van der Waals surface area contributed by atoms with E-state index in [2.05, 4.69) is 22.4 Å². The predicted molar refractivity (Wildman–Crippen MR) is 101 cm³/mol. The van der Waals surface area contributed by atoms with Crippen LogP contribution in [0.1, 0.15) is 34.4 Å². The number of oxazole rings is 1. The molecule has 2 aromatic rings. The van der Waals surface area contributed by atoms with Crippen LogP contribution in [0, 0.1) is 0 Å². The van der Waals surface area contributed by atoms with Crippen molar-refractivity contribution in [3.63, 3.8) is 0 Å². The van der Waals surface area contributed by atoms with Crippen molar-refractivity contribution in [2.24, 2.45) is 5.73 Å². The average molecular weight is 366 g/mol. The van der Waals surface area contributed by atoms with Gasteiger partial charge >= 0.3 is 0 Å². The first-order chi connectivity index (χ1) is 11.7. The third-order valence-electron chi connectivity index (χ3n) is 3.35. The Kier molecular flexibility index (Phi) is 8.21. The Hall–Kier alpha value is -1.44. The lowest BCUT2D eigenvalue weighted by atomic mass is 10.2. The van der Waals surface area contributed by atoms with Crippen LogP contribution in [0.3, 0.4) is 0 Å². The van der Waals surface area contributed by atoms with E-state index in [1.54, 1.807) is 23.5 Å². The number of rotatable bonds is 10. The molecule has 0 aliphatic carbocycles. The number of hydrogen-bond donors (Lipinski definition) is 2. The first-order valence-corrected chi connectivity index (χ1v) is 10.4. The van der Waals surface area contributed by atoms with Crippen LogP contribution in [0.2, 0.25) is 0 Å². The van der Waals surface area contributed by atoms with Gasteiger partial charge in [0.25, 0.3) is 5.91 Å². The maximum Gasteiger partial charge on any atom is 0.273 e.